The molecule has 0 radical (unpaired) electrons. The van der Waals surface area contributed by atoms with Crippen molar-refractivity contribution in [1.82, 2.24) is 5.32 Å². The van der Waals surface area contributed by atoms with E-state index in [-0.39, 0.29) is 0 Å². The van der Waals surface area contributed by atoms with E-state index < -0.39 is 27.0 Å². The number of carbonyl (C=O) groups is 1. The van der Waals surface area contributed by atoms with Gasteiger partial charge in [-0.15, -0.1) is 0 Å². The normalized spacial score (nSPS) is 24.8. The topological polar surface area (TPSA) is 63.2 Å². The van der Waals surface area contributed by atoms with Crippen LogP contribution in [0.3, 0.4) is 0 Å². The zero-order valence-electron chi connectivity index (χ0n) is 8.48. The average Bonchev–Trinajstić information content (AvgIpc) is 2.13. The van der Waals surface area contributed by atoms with E-state index in [9.17, 15) is 13.2 Å². The maximum absolute atomic E-state index is 11.4. The fraction of sp³-hybridized carbons (Fsp3) is 0.300. The highest BCUT2D eigenvalue weighted by atomic mass is 35.5. The third-order valence-corrected chi connectivity index (χ3v) is 4.21. The van der Waals surface area contributed by atoms with Crippen molar-refractivity contribution in [3.63, 3.8) is 0 Å². The first-order valence-electron chi connectivity index (χ1n) is 4.64. The van der Waals surface area contributed by atoms with Gasteiger partial charge in [0.2, 0.25) is 5.91 Å². The summed E-state index contributed by atoms with van der Waals surface area (Å²) >= 11 is 5.73. The summed E-state index contributed by atoms with van der Waals surface area (Å²) in [5.41, 5.74) is 0.749. The molecule has 2 rings (SSSR count). The number of rotatable bonds is 2. The lowest BCUT2D eigenvalue weighted by atomic mass is 9.97. The van der Waals surface area contributed by atoms with Crippen LogP contribution < -0.4 is 5.32 Å². The summed E-state index contributed by atoms with van der Waals surface area (Å²) < 4.78 is 22.8. The Hall–Kier alpha value is -1.07. The van der Waals surface area contributed by atoms with Gasteiger partial charge in [0, 0.05) is 11.3 Å². The smallest absolute Gasteiger partial charge is 0.241 e. The molecule has 0 aromatic heterocycles. The second kappa shape index (κ2) is 3.75. The van der Waals surface area contributed by atoms with Gasteiger partial charge >= 0.3 is 0 Å². The maximum atomic E-state index is 11.4. The molecule has 1 aromatic rings. The van der Waals surface area contributed by atoms with Crippen LogP contribution in [-0.4, -0.2) is 25.8 Å². The summed E-state index contributed by atoms with van der Waals surface area (Å²) in [6.45, 7) is 0. The van der Waals surface area contributed by atoms with Crippen molar-refractivity contribution in [3.8, 4) is 0 Å². The van der Waals surface area contributed by atoms with Crippen LogP contribution in [0.4, 0.5) is 0 Å². The Labute approximate surface area is 98.5 Å². The van der Waals surface area contributed by atoms with E-state index in [1.54, 1.807) is 24.3 Å². The Balaban J connectivity index is 2.30. The van der Waals surface area contributed by atoms with Crippen molar-refractivity contribution >= 4 is 27.3 Å². The Morgan fingerprint density at radius 1 is 1.25 bits per heavy atom. The molecule has 0 spiro atoms. The molecule has 1 aromatic carbocycles. The van der Waals surface area contributed by atoms with Crippen molar-refractivity contribution in [3.05, 3.63) is 34.9 Å². The number of hydrogen-bond acceptors (Lipinski definition) is 3. The molecule has 0 saturated carbocycles. The van der Waals surface area contributed by atoms with Crippen LogP contribution >= 0.6 is 11.6 Å². The van der Waals surface area contributed by atoms with Crippen molar-refractivity contribution in [2.45, 2.75) is 11.3 Å². The Morgan fingerprint density at radius 3 is 2.25 bits per heavy atom. The van der Waals surface area contributed by atoms with Crippen LogP contribution in [0.5, 0.6) is 0 Å². The van der Waals surface area contributed by atoms with Gasteiger partial charge in [-0.05, 0) is 17.7 Å². The van der Waals surface area contributed by atoms with E-state index in [0.717, 1.165) is 11.8 Å². The first-order chi connectivity index (χ1) is 7.39. The zero-order chi connectivity index (χ0) is 11.9. The van der Waals surface area contributed by atoms with Gasteiger partial charge in [-0.25, -0.2) is 8.42 Å². The lowest BCUT2D eigenvalue weighted by Gasteiger charge is -2.35. The SMILES string of the molecule is CS(=O)(=O)[C@H]1C(=O)N[C@H]1c1ccc(Cl)cc1. The summed E-state index contributed by atoms with van der Waals surface area (Å²) in [5, 5.41) is 2.17. The van der Waals surface area contributed by atoms with E-state index in [4.69, 9.17) is 11.6 Å². The number of hydrogen-bond donors (Lipinski definition) is 1. The van der Waals surface area contributed by atoms with Gasteiger partial charge in [0.25, 0.3) is 0 Å². The minimum atomic E-state index is -3.37. The van der Waals surface area contributed by atoms with Crippen LogP contribution in [0.2, 0.25) is 5.02 Å². The molecule has 1 amide bonds. The number of β-lactam (4-membered cyclic amide) rings is 1. The van der Waals surface area contributed by atoms with Gasteiger partial charge in [-0.1, -0.05) is 23.7 Å². The third kappa shape index (κ3) is 1.92. The molecule has 1 fully saturated rings. The van der Waals surface area contributed by atoms with Crippen molar-refractivity contribution in [2.24, 2.45) is 0 Å². The third-order valence-electron chi connectivity index (χ3n) is 2.55. The minimum Gasteiger partial charge on any atom is -0.346 e. The molecular formula is C10H10ClNO3S. The van der Waals surface area contributed by atoms with Gasteiger partial charge < -0.3 is 5.32 Å². The highest BCUT2D eigenvalue weighted by Gasteiger charge is 2.47. The number of benzene rings is 1. The summed E-state index contributed by atoms with van der Waals surface area (Å²) in [4.78, 5) is 11.2. The second-order valence-electron chi connectivity index (χ2n) is 3.79. The standard InChI is InChI=1S/C10H10ClNO3S/c1-16(14,15)9-8(12-10(9)13)6-2-4-7(11)5-3-6/h2-5,8-9H,1H3,(H,12,13)/t8-,9+/m0/s1. The summed E-state index contributed by atoms with van der Waals surface area (Å²) in [6.07, 6.45) is 1.07. The maximum Gasteiger partial charge on any atom is 0.241 e. The molecule has 0 bridgehead atoms. The van der Waals surface area contributed by atoms with E-state index in [1.165, 1.54) is 0 Å². The Kier molecular flexibility index (Phi) is 2.67. The fourth-order valence-corrected chi connectivity index (χ4v) is 3.04. The number of amides is 1. The van der Waals surface area contributed by atoms with Gasteiger partial charge in [0.1, 0.15) is 0 Å². The summed E-state index contributed by atoms with van der Waals surface area (Å²) in [6, 6.07) is 6.30. The van der Waals surface area contributed by atoms with E-state index >= 15 is 0 Å². The Bertz CT molecular complexity index is 524. The quantitative estimate of drug-likeness (QED) is 0.804. The predicted molar refractivity (Wildman–Crippen MR) is 61.0 cm³/mol. The van der Waals surface area contributed by atoms with E-state index in [0.29, 0.717) is 5.02 Å². The molecule has 0 unspecified atom stereocenters. The minimum absolute atomic E-state index is 0.442. The van der Waals surface area contributed by atoms with Crippen LogP contribution in [0.1, 0.15) is 11.6 Å². The van der Waals surface area contributed by atoms with Crippen molar-refractivity contribution in [1.29, 1.82) is 0 Å². The first-order valence-corrected chi connectivity index (χ1v) is 6.97. The summed E-state index contributed by atoms with van der Waals surface area (Å²) in [5.74, 6) is -0.442. The van der Waals surface area contributed by atoms with Gasteiger partial charge in [-0.2, -0.15) is 0 Å². The number of sulfone groups is 1. The van der Waals surface area contributed by atoms with Gasteiger partial charge in [0.05, 0.1) is 6.04 Å². The van der Waals surface area contributed by atoms with Gasteiger partial charge in [-0.3, -0.25) is 4.79 Å². The lowest BCUT2D eigenvalue weighted by Crippen LogP contribution is -2.59. The summed E-state index contributed by atoms with van der Waals surface area (Å²) in [7, 11) is -3.37. The van der Waals surface area contributed by atoms with Crippen LogP contribution in [0, 0.1) is 0 Å². The zero-order valence-corrected chi connectivity index (χ0v) is 10.0. The molecule has 4 nitrogen and oxygen atoms in total. The van der Waals surface area contributed by atoms with Gasteiger partial charge in [0.15, 0.2) is 15.1 Å². The first kappa shape index (κ1) is 11.4. The molecule has 2 atom stereocenters. The van der Waals surface area contributed by atoms with Crippen LogP contribution in [-0.2, 0) is 14.6 Å². The number of nitrogens with one attached hydrogen (secondary N) is 1. The van der Waals surface area contributed by atoms with Crippen LogP contribution in [0.15, 0.2) is 24.3 Å². The largest absolute Gasteiger partial charge is 0.346 e. The molecule has 1 aliphatic heterocycles. The predicted octanol–water partition coefficient (Wildman–Crippen LogP) is 0.924. The highest BCUT2D eigenvalue weighted by molar-refractivity contribution is 7.92. The monoisotopic (exact) mass is 259 g/mol. The molecule has 16 heavy (non-hydrogen) atoms. The molecule has 0 aliphatic carbocycles. The van der Waals surface area contributed by atoms with Crippen molar-refractivity contribution < 1.29 is 13.2 Å². The molecule has 1 N–H and O–H groups in total. The highest BCUT2D eigenvalue weighted by Crippen LogP contribution is 2.30. The van der Waals surface area contributed by atoms with Crippen molar-refractivity contribution in [2.75, 3.05) is 6.26 Å². The number of carbonyl (C=O) groups excluding carboxylic acids is 1. The molecule has 1 aliphatic rings. The van der Waals surface area contributed by atoms with E-state index in [1.807, 2.05) is 0 Å². The molecule has 6 heteroatoms. The van der Waals surface area contributed by atoms with E-state index in [2.05, 4.69) is 5.32 Å². The second-order valence-corrected chi connectivity index (χ2v) is 6.39. The molecule has 1 heterocycles. The average molecular weight is 260 g/mol. The molecular weight excluding hydrogens is 250 g/mol. The fourth-order valence-electron chi connectivity index (χ4n) is 1.74. The number of halogens is 1. The Morgan fingerprint density at radius 2 is 1.81 bits per heavy atom. The van der Waals surface area contributed by atoms with Crippen LogP contribution in [0.25, 0.3) is 0 Å². The lowest BCUT2D eigenvalue weighted by molar-refractivity contribution is -0.127. The molecule has 86 valence electrons. The molecule has 1 saturated heterocycles.